The number of nitrogens with one attached hydrogen (secondary N) is 1. The molecule has 6 rings (SSSR count). The summed E-state index contributed by atoms with van der Waals surface area (Å²) in [5.74, 6) is -0.197. The fraction of sp³-hybridized carbons (Fsp3) is 0.107. The van der Waals surface area contributed by atoms with Crippen molar-refractivity contribution in [2.45, 2.75) is 5.92 Å². The van der Waals surface area contributed by atoms with Crippen LogP contribution in [0.3, 0.4) is 0 Å². The predicted octanol–water partition coefficient (Wildman–Crippen LogP) is 5.13. The van der Waals surface area contributed by atoms with E-state index in [-0.39, 0.29) is 34.9 Å². The molecule has 1 aliphatic heterocycles. The van der Waals surface area contributed by atoms with Gasteiger partial charge in [0.2, 0.25) is 0 Å². The minimum absolute atomic E-state index is 0.0787. The molecule has 0 unspecified atom stereocenters. The number of alkyl halides is 1. The van der Waals surface area contributed by atoms with E-state index in [1.54, 1.807) is 39.9 Å². The fourth-order valence-corrected chi connectivity index (χ4v) is 5.12. The monoisotopic (exact) mass is 512 g/mol. The van der Waals surface area contributed by atoms with E-state index < -0.39 is 0 Å². The molecule has 0 saturated carbocycles. The summed E-state index contributed by atoms with van der Waals surface area (Å²) in [6.45, 7) is 0.382. The van der Waals surface area contributed by atoms with Crippen LogP contribution in [0.2, 0.25) is 0 Å². The van der Waals surface area contributed by atoms with Crippen LogP contribution in [0.4, 0.5) is 11.4 Å². The van der Waals surface area contributed by atoms with E-state index in [4.69, 9.17) is 11.6 Å². The number of phenols is 2. The Kier molecular flexibility index (Phi) is 5.46. The number of aromatic hydroxyl groups is 2. The molecule has 1 aliphatic rings. The number of halogens is 1. The molecule has 0 saturated heterocycles. The van der Waals surface area contributed by atoms with Crippen LogP contribution < -0.4 is 10.2 Å². The fourth-order valence-electron chi connectivity index (χ4n) is 4.87. The summed E-state index contributed by atoms with van der Waals surface area (Å²) in [4.78, 5) is 32.2. The number of aromatic nitrogens is 2. The standard InChI is InChI=1S/C28H21ClN4O4/c29-12-17-13-33(23-11-24(35)20-3-1-2-4-21(20)26(17)23)28(37)22-15-32-14-18(7-10-25(32)31-22)30-27(36)16-5-8-19(34)9-6-16/h1-11,14-15,17,34-35H,12-13H2,(H,30,36)/t17-/m1/s1. The highest BCUT2D eigenvalue weighted by Gasteiger charge is 2.35. The summed E-state index contributed by atoms with van der Waals surface area (Å²) in [6.07, 6.45) is 3.29. The molecule has 1 atom stereocenters. The number of imidazole rings is 1. The average Bonchev–Trinajstić information content (AvgIpc) is 3.50. The molecule has 184 valence electrons. The molecule has 0 bridgehead atoms. The number of fused-ring (bicyclic) bond motifs is 4. The SMILES string of the molecule is O=C(Nc1ccc2nc(C(=O)N3C[C@@H](CCl)c4c3cc(O)c3ccccc43)cn2c1)c1ccc(O)cc1. The molecule has 3 heterocycles. The third kappa shape index (κ3) is 3.91. The van der Waals surface area contributed by atoms with Gasteiger partial charge in [0.25, 0.3) is 11.8 Å². The average molecular weight is 513 g/mol. The van der Waals surface area contributed by atoms with Crippen molar-refractivity contribution in [2.75, 3.05) is 22.6 Å². The van der Waals surface area contributed by atoms with Crippen LogP contribution in [0, 0.1) is 0 Å². The number of carbonyl (C=O) groups is 2. The van der Waals surface area contributed by atoms with Gasteiger partial charge in [0.05, 0.1) is 11.4 Å². The topological polar surface area (TPSA) is 107 Å². The minimum atomic E-state index is -0.330. The quantitative estimate of drug-likeness (QED) is 0.289. The molecule has 3 N–H and O–H groups in total. The number of benzene rings is 3. The number of phenolic OH excluding ortho intramolecular Hbond substituents is 2. The lowest BCUT2D eigenvalue weighted by Crippen LogP contribution is -2.30. The van der Waals surface area contributed by atoms with Gasteiger partial charge >= 0.3 is 0 Å². The molecule has 0 aliphatic carbocycles. The predicted molar refractivity (Wildman–Crippen MR) is 142 cm³/mol. The number of pyridine rings is 1. The molecule has 5 aromatic rings. The van der Waals surface area contributed by atoms with Crippen LogP contribution in [0.5, 0.6) is 11.5 Å². The number of rotatable bonds is 4. The van der Waals surface area contributed by atoms with Crippen molar-refractivity contribution in [3.8, 4) is 11.5 Å². The summed E-state index contributed by atoms with van der Waals surface area (Å²) in [7, 11) is 0. The Balaban J connectivity index is 1.31. The smallest absolute Gasteiger partial charge is 0.278 e. The third-order valence-corrected chi connectivity index (χ3v) is 7.01. The maximum atomic E-state index is 13.6. The van der Waals surface area contributed by atoms with E-state index in [1.807, 2.05) is 24.3 Å². The van der Waals surface area contributed by atoms with Crippen molar-refractivity contribution in [3.63, 3.8) is 0 Å². The number of hydrogen-bond donors (Lipinski definition) is 3. The lowest BCUT2D eigenvalue weighted by atomic mass is 9.95. The summed E-state index contributed by atoms with van der Waals surface area (Å²) in [6, 6.07) is 18.5. The largest absolute Gasteiger partial charge is 0.508 e. The van der Waals surface area contributed by atoms with Crippen LogP contribution in [-0.2, 0) is 0 Å². The van der Waals surface area contributed by atoms with Crippen LogP contribution in [0.1, 0.15) is 32.3 Å². The van der Waals surface area contributed by atoms with Gasteiger partial charge in [-0.1, -0.05) is 24.3 Å². The van der Waals surface area contributed by atoms with E-state index >= 15 is 0 Å². The third-order valence-electron chi connectivity index (χ3n) is 6.63. The van der Waals surface area contributed by atoms with Gasteiger partial charge in [-0.25, -0.2) is 4.98 Å². The van der Waals surface area contributed by atoms with Gasteiger partial charge in [0.1, 0.15) is 22.8 Å². The van der Waals surface area contributed by atoms with Gasteiger partial charge in [-0.05, 0) is 47.3 Å². The molecular weight excluding hydrogens is 492 g/mol. The normalized spacial score (nSPS) is 14.7. The second-order valence-corrected chi connectivity index (χ2v) is 9.26. The first-order valence-electron chi connectivity index (χ1n) is 11.6. The first-order valence-corrected chi connectivity index (χ1v) is 12.2. The number of anilines is 2. The molecule has 0 radical (unpaired) electrons. The van der Waals surface area contributed by atoms with Crippen LogP contribution >= 0.6 is 11.6 Å². The molecule has 2 amide bonds. The molecule has 0 fully saturated rings. The molecule has 37 heavy (non-hydrogen) atoms. The van der Waals surface area contributed by atoms with Crippen molar-refractivity contribution in [2.24, 2.45) is 0 Å². The Morgan fingerprint density at radius 2 is 1.76 bits per heavy atom. The number of nitrogens with zero attached hydrogens (tertiary/aromatic N) is 3. The number of amides is 2. The van der Waals surface area contributed by atoms with Crippen molar-refractivity contribution in [3.05, 3.63) is 95.9 Å². The highest BCUT2D eigenvalue weighted by molar-refractivity contribution is 6.19. The van der Waals surface area contributed by atoms with Crippen LogP contribution in [0.15, 0.2) is 79.1 Å². The lowest BCUT2D eigenvalue weighted by molar-refractivity contribution is 0.0982. The number of hydrogen-bond acceptors (Lipinski definition) is 5. The van der Waals surface area contributed by atoms with E-state index in [0.717, 1.165) is 16.3 Å². The maximum Gasteiger partial charge on any atom is 0.278 e. The van der Waals surface area contributed by atoms with E-state index in [9.17, 15) is 19.8 Å². The highest BCUT2D eigenvalue weighted by Crippen LogP contribution is 2.45. The van der Waals surface area contributed by atoms with E-state index in [2.05, 4.69) is 10.3 Å². The first-order chi connectivity index (χ1) is 17.9. The van der Waals surface area contributed by atoms with Crippen molar-refractivity contribution >= 4 is 51.2 Å². The summed E-state index contributed by atoms with van der Waals surface area (Å²) in [5, 5.41) is 24.5. The second kappa shape index (κ2) is 8.83. The molecule has 3 aromatic carbocycles. The van der Waals surface area contributed by atoms with Crippen molar-refractivity contribution in [1.29, 1.82) is 0 Å². The minimum Gasteiger partial charge on any atom is -0.508 e. The Bertz CT molecular complexity index is 1700. The Labute approximate surface area is 216 Å². The van der Waals surface area contributed by atoms with Gasteiger partial charge in [0.15, 0.2) is 0 Å². The van der Waals surface area contributed by atoms with Crippen molar-refractivity contribution in [1.82, 2.24) is 9.38 Å². The lowest BCUT2D eigenvalue weighted by Gasteiger charge is -2.17. The van der Waals surface area contributed by atoms with Crippen LogP contribution in [-0.4, -0.2) is 43.8 Å². The van der Waals surface area contributed by atoms with Gasteiger partial charge in [-0.15, -0.1) is 11.6 Å². The van der Waals surface area contributed by atoms with Gasteiger partial charge in [-0.3, -0.25) is 9.59 Å². The first kappa shape index (κ1) is 22.9. The summed E-state index contributed by atoms with van der Waals surface area (Å²) < 4.78 is 1.67. The highest BCUT2D eigenvalue weighted by atomic mass is 35.5. The zero-order valence-corrected chi connectivity index (χ0v) is 20.2. The Morgan fingerprint density at radius 3 is 2.51 bits per heavy atom. The molecule has 0 spiro atoms. The zero-order valence-electron chi connectivity index (χ0n) is 19.4. The molecule has 2 aromatic heterocycles. The van der Waals surface area contributed by atoms with Gasteiger partial charge in [-0.2, -0.15) is 0 Å². The molecule has 8 nitrogen and oxygen atoms in total. The van der Waals surface area contributed by atoms with Crippen LogP contribution in [0.25, 0.3) is 16.4 Å². The second-order valence-electron chi connectivity index (χ2n) is 8.95. The molecular formula is C28H21ClN4O4. The Hall–Kier alpha value is -4.56. The summed E-state index contributed by atoms with van der Waals surface area (Å²) >= 11 is 6.30. The number of carbonyl (C=O) groups excluding carboxylic acids is 2. The Morgan fingerprint density at radius 1 is 1.00 bits per heavy atom. The van der Waals surface area contributed by atoms with E-state index in [1.165, 1.54) is 24.3 Å². The van der Waals surface area contributed by atoms with E-state index in [0.29, 0.717) is 35.0 Å². The zero-order chi connectivity index (χ0) is 25.7. The molecule has 9 heteroatoms. The van der Waals surface area contributed by atoms with Gasteiger partial charge < -0.3 is 24.8 Å². The van der Waals surface area contributed by atoms with Gasteiger partial charge in [0, 0.05) is 47.8 Å². The summed E-state index contributed by atoms with van der Waals surface area (Å²) in [5.41, 5.74) is 3.27. The maximum absolute atomic E-state index is 13.6. The van der Waals surface area contributed by atoms with Crippen molar-refractivity contribution < 1.29 is 19.8 Å².